The number of amides is 1. The summed E-state index contributed by atoms with van der Waals surface area (Å²) in [5.74, 6) is -0.947. The van der Waals surface area contributed by atoms with Gasteiger partial charge in [0.25, 0.3) is 5.91 Å². The Hall–Kier alpha value is -2.95. The van der Waals surface area contributed by atoms with E-state index in [-0.39, 0.29) is 23.9 Å². The molecule has 0 unspecified atom stereocenters. The molecule has 5 nitrogen and oxygen atoms in total. The van der Waals surface area contributed by atoms with Gasteiger partial charge in [-0.3, -0.25) is 9.59 Å². The van der Waals surface area contributed by atoms with E-state index in [2.05, 4.69) is 6.07 Å². The Balaban J connectivity index is 1.58. The quantitative estimate of drug-likeness (QED) is 0.635. The number of Topliss-reactive ketones (excluding diaryl/α,β-unsaturated/α-hetero) is 1. The molecule has 25 heavy (non-hydrogen) atoms. The lowest BCUT2D eigenvalue weighted by molar-refractivity contribution is -0.135. The van der Waals surface area contributed by atoms with Gasteiger partial charge in [0.15, 0.2) is 12.4 Å². The molecule has 2 aromatic carbocycles. The van der Waals surface area contributed by atoms with Crippen molar-refractivity contribution in [3.8, 4) is 0 Å². The molecule has 5 heteroatoms. The average Bonchev–Trinajstić information content (AvgIpc) is 2.65. The van der Waals surface area contributed by atoms with Crippen LogP contribution in [-0.2, 0) is 22.5 Å². The number of carbonyl (C=O) groups excluding carboxylic acids is 3. The van der Waals surface area contributed by atoms with Gasteiger partial charge >= 0.3 is 5.97 Å². The number of ketones is 1. The number of fused-ring (bicyclic) bond motifs is 1. The molecule has 0 fully saturated rings. The summed E-state index contributed by atoms with van der Waals surface area (Å²) in [5, 5.41) is 0. The second-order valence-corrected chi connectivity index (χ2v) is 6.05. The first-order valence-electron chi connectivity index (χ1n) is 8.17. The minimum atomic E-state index is -0.603. The first kappa shape index (κ1) is 16.9. The highest BCUT2D eigenvalue weighted by Gasteiger charge is 2.21. The van der Waals surface area contributed by atoms with Gasteiger partial charge in [0.2, 0.25) is 0 Å². The minimum Gasteiger partial charge on any atom is -0.452 e. The summed E-state index contributed by atoms with van der Waals surface area (Å²) >= 11 is 0. The first-order valence-corrected chi connectivity index (χ1v) is 8.17. The summed E-state index contributed by atoms with van der Waals surface area (Å²) < 4.78 is 5.12. The maximum absolute atomic E-state index is 12.3. The summed E-state index contributed by atoms with van der Waals surface area (Å²) in [7, 11) is 0. The third-order valence-corrected chi connectivity index (χ3v) is 4.31. The molecule has 1 amide bonds. The van der Waals surface area contributed by atoms with E-state index in [0.29, 0.717) is 18.7 Å². The minimum absolute atomic E-state index is 0.127. The fourth-order valence-electron chi connectivity index (χ4n) is 2.88. The van der Waals surface area contributed by atoms with Gasteiger partial charge < -0.3 is 9.64 Å². The third-order valence-electron chi connectivity index (χ3n) is 4.31. The van der Waals surface area contributed by atoms with Gasteiger partial charge in [-0.15, -0.1) is 0 Å². The Morgan fingerprint density at radius 1 is 1.00 bits per heavy atom. The van der Waals surface area contributed by atoms with Crippen molar-refractivity contribution in [1.82, 2.24) is 4.90 Å². The predicted octanol–water partition coefficient (Wildman–Crippen LogP) is 2.63. The molecule has 0 bridgehead atoms. The van der Waals surface area contributed by atoms with Crippen molar-refractivity contribution >= 4 is 17.7 Å². The van der Waals surface area contributed by atoms with Crippen molar-refractivity contribution in [2.75, 3.05) is 13.2 Å². The smallest absolute Gasteiger partial charge is 0.338 e. The van der Waals surface area contributed by atoms with Crippen molar-refractivity contribution in [1.29, 1.82) is 0 Å². The molecule has 128 valence electrons. The molecule has 2 aromatic rings. The Morgan fingerprint density at radius 2 is 1.72 bits per heavy atom. The van der Waals surface area contributed by atoms with Crippen LogP contribution in [0.3, 0.4) is 0 Å². The van der Waals surface area contributed by atoms with Gasteiger partial charge in [0.1, 0.15) is 0 Å². The molecule has 0 saturated heterocycles. The van der Waals surface area contributed by atoms with E-state index in [0.717, 1.165) is 12.0 Å². The number of hydrogen-bond donors (Lipinski definition) is 0. The van der Waals surface area contributed by atoms with Crippen LogP contribution >= 0.6 is 0 Å². The molecule has 0 aromatic heterocycles. The highest BCUT2D eigenvalue weighted by atomic mass is 16.5. The van der Waals surface area contributed by atoms with Gasteiger partial charge in [0, 0.05) is 18.7 Å². The molecule has 1 aliphatic rings. The normalized spacial score (nSPS) is 13.1. The molecule has 3 rings (SSSR count). The molecule has 0 saturated carbocycles. The lowest BCUT2D eigenvalue weighted by Crippen LogP contribution is -2.38. The highest BCUT2D eigenvalue weighted by Crippen LogP contribution is 2.18. The van der Waals surface area contributed by atoms with Crippen molar-refractivity contribution < 1.29 is 19.1 Å². The second kappa shape index (κ2) is 7.30. The number of benzene rings is 2. The lowest BCUT2D eigenvalue weighted by Gasteiger charge is -2.28. The fraction of sp³-hybridized carbons (Fsp3) is 0.250. The Labute approximate surface area is 146 Å². The zero-order chi connectivity index (χ0) is 17.8. The van der Waals surface area contributed by atoms with E-state index >= 15 is 0 Å². The highest BCUT2D eigenvalue weighted by molar-refractivity contribution is 5.98. The first-order chi connectivity index (χ1) is 12.0. The summed E-state index contributed by atoms with van der Waals surface area (Å²) in [6.07, 6.45) is 0.802. The number of rotatable bonds is 4. The van der Waals surface area contributed by atoms with Crippen LogP contribution in [0.2, 0.25) is 0 Å². The molecule has 0 spiro atoms. The van der Waals surface area contributed by atoms with E-state index < -0.39 is 5.97 Å². The molecule has 0 radical (unpaired) electrons. The Morgan fingerprint density at radius 3 is 2.48 bits per heavy atom. The lowest BCUT2D eigenvalue weighted by atomic mass is 10.00. The van der Waals surface area contributed by atoms with Crippen LogP contribution < -0.4 is 0 Å². The van der Waals surface area contributed by atoms with Gasteiger partial charge in [0.05, 0.1) is 5.56 Å². The monoisotopic (exact) mass is 337 g/mol. The number of ether oxygens (including phenoxy) is 1. The largest absolute Gasteiger partial charge is 0.452 e. The SMILES string of the molecule is CC(=O)c1cccc(C(=O)OCC(=O)N2CCc3ccccc3C2)c1. The summed E-state index contributed by atoms with van der Waals surface area (Å²) in [6.45, 7) is 2.28. The third kappa shape index (κ3) is 3.94. The molecular weight excluding hydrogens is 318 g/mol. The van der Waals surface area contributed by atoms with Gasteiger partial charge in [-0.1, -0.05) is 36.4 Å². The van der Waals surface area contributed by atoms with Gasteiger partial charge in [-0.25, -0.2) is 4.79 Å². The predicted molar refractivity (Wildman–Crippen MR) is 92.3 cm³/mol. The van der Waals surface area contributed by atoms with Crippen molar-refractivity contribution in [3.63, 3.8) is 0 Å². The molecule has 1 aliphatic heterocycles. The molecule has 0 atom stereocenters. The number of nitrogens with zero attached hydrogens (tertiary/aromatic N) is 1. The number of hydrogen-bond acceptors (Lipinski definition) is 4. The summed E-state index contributed by atoms with van der Waals surface area (Å²) in [4.78, 5) is 37.5. The van der Waals surface area contributed by atoms with Crippen molar-refractivity contribution in [2.24, 2.45) is 0 Å². The zero-order valence-electron chi connectivity index (χ0n) is 14.0. The van der Waals surface area contributed by atoms with Crippen LogP contribution in [-0.4, -0.2) is 35.7 Å². The van der Waals surface area contributed by atoms with Crippen LogP contribution in [0.5, 0.6) is 0 Å². The van der Waals surface area contributed by atoms with Crippen LogP contribution in [0, 0.1) is 0 Å². The number of esters is 1. The molecular formula is C20H19NO4. The van der Waals surface area contributed by atoms with Crippen LogP contribution in [0.25, 0.3) is 0 Å². The zero-order valence-corrected chi connectivity index (χ0v) is 14.0. The van der Waals surface area contributed by atoms with Crippen LogP contribution in [0.4, 0.5) is 0 Å². The van der Waals surface area contributed by atoms with E-state index in [1.165, 1.54) is 18.6 Å². The standard InChI is InChI=1S/C20H19NO4/c1-14(22)16-7-4-8-17(11-16)20(24)25-13-19(23)21-10-9-15-5-2-3-6-18(15)12-21/h2-8,11H,9-10,12-13H2,1H3. The topological polar surface area (TPSA) is 63.7 Å². The summed E-state index contributed by atoms with van der Waals surface area (Å²) in [6, 6.07) is 14.3. The molecule has 0 N–H and O–H groups in total. The van der Waals surface area contributed by atoms with E-state index in [1.807, 2.05) is 18.2 Å². The van der Waals surface area contributed by atoms with E-state index in [4.69, 9.17) is 4.74 Å². The van der Waals surface area contributed by atoms with E-state index in [1.54, 1.807) is 23.1 Å². The van der Waals surface area contributed by atoms with Gasteiger partial charge in [-0.05, 0) is 36.6 Å². The Bertz CT molecular complexity index is 828. The molecule has 1 heterocycles. The van der Waals surface area contributed by atoms with E-state index in [9.17, 15) is 14.4 Å². The van der Waals surface area contributed by atoms with Gasteiger partial charge in [-0.2, -0.15) is 0 Å². The maximum Gasteiger partial charge on any atom is 0.338 e. The number of carbonyl (C=O) groups is 3. The second-order valence-electron chi connectivity index (χ2n) is 6.05. The Kier molecular flexibility index (Phi) is 4.93. The molecule has 0 aliphatic carbocycles. The fourth-order valence-corrected chi connectivity index (χ4v) is 2.88. The maximum atomic E-state index is 12.3. The van der Waals surface area contributed by atoms with Crippen molar-refractivity contribution in [2.45, 2.75) is 19.9 Å². The summed E-state index contributed by atoms with van der Waals surface area (Å²) in [5.41, 5.74) is 3.09. The van der Waals surface area contributed by atoms with Crippen LogP contribution in [0.1, 0.15) is 38.8 Å². The van der Waals surface area contributed by atoms with Crippen LogP contribution in [0.15, 0.2) is 48.5 Å². The average molecular weight is 337 g/mol. The van der Waals surface area contributed by atoms with Crippen molar-refractivity contribution in [3.05, 3.63) is 70.8 Å².